The van der Waals surface area contributed by atoms with Crippen molar-refractivity contribution in [1.82, 2.24) is 10.3 Å². The first-order chi connectivity index (χ1) is 9.79. The maximum Gasteiger partial charge on any atom is 0.175 e. The van der Waals surface area contributed by atoms with Gasteiger partial charge >= 0.3 is 0 Å². The van der Waals surface area contributed by atoms with Crippen LogP contribution in [0.5, 0.6) is 0 Å². The molecule has 1 N–H and O–H groups in total. The second-order valence-electron chi connectivity index (χ2n) is 4.92. The van der Waals surface area contributed by atoms with Gasteiger partial charge in [-0.3, -0.25) is 0 Å². The zero-order valence-corrected chi connectivity index (χ0v) is 14.4. The fraction of sp³-hybridized carbons (Fsp3) is 0.357. The Kier molecular flexibility index (Phi) is 5.03. The summed E-state index contributed by atoms with van der Waals surface area (Å²) in [5, 5.41) is 6.70. The van der Waals surface area contributed by atoms with Crippen LogP contribution in [0.1, 0.15) is 29.2 Å². The van der Waals surface area contributed by atoms with Crippen LogP contribution in [0, 0.1) is 6.92 Å². The van der Waals surface area contributed by atoms with Crippen molar-refractivity contribution in [2.45, 2.75) is 31.3 Å². The number of nitrogens with one attached hydrogen (secondary N) is 1. The van der Waals surface area contributed by atoms with Gasteiger partial charge in [-0.15, -0.1) is 11.3 Å². The Hall–Kier alpha value is -0.950. The van der Waals surface area contributed by atoms with Crippen molar-refractivity contribution in [3.63, 3.8) is 0 Å². The predicted molar refractivity (Wildman–Crippen MR) is 86.7 cm³/mol. The highest BCUT2D eigenvalue weighted by atomic mass is 35.5. The van der Waals surface area contributed by atoms with E-state index in [9.17, 15) is 8.42 Å². The molecule has 1 unspecified atom stereocenters. The Balaban J connectivity index is 2.20. The first kappa shape index (κ1) is 16.4. The van der Waals surface area contributed by atoms with Crippen LogP contribution >= 0.6 is 22.9 Å². The van der Waals surface area contributed by atoms with Crippen molar-refractivity contribution in [2.75, 3.05) is 6.26 Å². The molecule has 0 aliphatic carbocycles. The van der Waals surface area contributed by atoms with Gasteiger partial charge in [0.2, 0.25) is 0 Å². The van der Waals surface area contributed by atoms with Crippen LogP contribution in [0.4, 0.5) is 0 Å². The van der Waals surface area contributed by atoms with Crippen molar-refractivity contribution in [2.24, 2.45) is 0 Å². The van der Waals surface area contributed by atoms with Gasteiger partial charge in [-0.25, -0.2) is 13.4 Å². The van der Waals surface area contributed by atoms with E-state index in [4.69, 9.17) is 11.6 Å². The van der Waals surface area contributed by atoms with Gasteiger partial charge in [-0.2, -0.15) is 0 Å². The van der Waals surface area contributed by atoms with E-state index < -0.39 is 9.84 Å². The maximum absolute atomic E-state index is 11.8. The Morgan fingerprint density at radius 2 is 2.14 bits per heavy atom. The normalized spacial score (nSPS) is 13.3. The fourth-order valence-electron chi connectivity index (χ4n) is 1.97. The average Bonchev–Trinajstić information content (AvgIpc) is 2.82. The summed E-state index contributed by atoms with van der Waals surface area (Å²) in [5.41, 5.74) is 1.58. The molecule has 0 aliphatic rings. The lowest BCUT2D eigenvalue weighted by atomic mass is 10.2. The summed E-state index contributed by atoms with van der Waals surface area (Å²) in [6.45, 7) is 4.32. The lowest BCUT2D eigenvalue weighted by Gasteiger charge is -2.14. The first-order valence-corrected chi connectivity index (χ1v) is 9.57. The van der Waals surface area contributed by atoms with Gasteiger partial charge in [0.1, 0.15) is 5.01 Å². The van der Waals surface area contributed by atoms with Crippen LogP contribution in [0.3, 0.4) is 0 Å². The monoisotopic (exact) mass is 344 g/mol. The summed E-state index contributed by atoms with van der Waals surface area (Å²) in [6.07, 6.45) is 1.19. The minimum atomic E-state index is -3.30. The number of benzene rings is 1. The van der Waals surface area contributed by atoms with Gasteiger partial charge < -0.3 is 5.32 Å². The minimum absolute atomic E-state index is 0.0346. The van der Waals surface area contributed by atoms with Gasteiger partial charge in [0.25, 0.3) is 0 Å². The molecule has 21 heavy (non-hydrogen) atoms. The molecule has 7 heteroatoms. The predicted octanol–water partition coefficient (Wildman–Crippen LogP) is 3.36. The third-order valence-electron chi connectivity index (χ3n) is 3.07. The molecule has 4 nitrogen and oxygen atoms in total. The van der Waals surface area contributed by atoms with E-state index in [2.05, 4.69) is 10.3 Å². The van der Waals surface area contributed by atoms with Gasteiger partial charge in [-0.05, 0) is 26.0 Å². The molecule has 114 valence electrons. The lowest BCUT2D eigenvalue weighted by Crippen LogP contribution is -2.20. The molecule has 0 amide bonds. The molecular formula is C14H17ClN2O2S2. The van der Waals surface area contributed by atoms with Crippen LogP contribution in [0.2, 0.25) is 5.02 Å². The van der Waals surface area contributed by atoms with Crippen LogP contribution < -0.4 is 5.32 Å². The quantitative estimate of drug-likeness (QED) is 0.903. The number of sulfone groups is 1. The summed E-state index contributed by atoms with van der Waals surface area (Å²) in [4.78, 5) is 4.69. The fourth-order valence-corrected chi connectivity index (χ4v) is 4.05. The van der Waals surface area contributed by atoms with Gasteiger partial charge in [0.05, 0.1) is 10.9 Å². The highest BCUT2D eigenvalue weighted by Crippen LogP contribution is 2.25. The topological polar surface area (TPSA) is 59.1 Å². The number of aromatic nitrogens is 1. The summed E-state index contributed by atoms with van der Waals surface area (Å²) >= 11 is 7.73. The van der Waals surface area contributed by atoms with Crippen molar-refractivity contribution in [3.8, 4) is 0 Å². The Labute approximate surface area is 134 Å². The molecule has 1 aromatic carbocycles. The largest absolute Gasteiger partial charge is 0.304 e. The molecule has 1 heterocycles. The van der Waals surface area contributed by atoms with Crippen LogP contribution in [-0.4, -0.2) is 19.7 Å². The van der Waals surface area contributed by atoms with E-state index in [0.29, 0.717) is 17.1 Å². The number of thiazole rings is 1. The second-order valence-corrected chi connectivity index (χ2v) is 8.20. The molecule has 1 atom stereocenters. The minimum Gasteiger partial charge on any atom is -0.304 e. The lowest BCUT2D eigenvalue weighted by molar-refractivity contribution is 0.563. The molecule has 2 aromatic rings. The van der Waals surface area contributed by atoms with Gasteiger partial charge in [-0.1, -0.05) is 17.7 Å². The highest BCUT2D eigenvalue weighted by Gasteiger charge is 2.17. The number of aryl methyl sites for hydroxylation is 1. The number of hydrogen-bond acceptors (Lipinski definition) is 5. The second kappa shape index (κ2) is 6.44. The molecule has 0 bridgehead atoms. The van der Waals surface area contributed by atoms with E-state index in [1.54, 1.807) is 29.5 Å². The number of rotatable bonds is 5. The van der Waals surface area contributed by atoms with Crippen molar-refractivity contribution in [3.05, 3.63) is 44.9 Å². The van der Waals surface area contributed by atoms with Gasteiger partial charge in [0.15, 0.2) is 9.84 Å². The van der Waals surface area contributed by atoms with Gasteiger partial charge in [0, 0.05) is 34.5 Å². The van der Waals surface area contributed by atoms with E-state index in [1.807, 2.05) is 19.2 Å². The molecule has 0 fully saturated rings. The van der Waals surface area contributed by atoms with E-state index in [0.717, 1.165) is 10.7 Å². The molecule has 0 saturated heterocycles. The molecule has 1 aromatic heterocycles. The number of halogens is 1. The van der Waals surface area contributed by atoms with Crippen molar-refractivity contribution >= 4 is 32.8 Å². The molecule has 2 rings (SSSR count). The molecule has 0 spiro atoms. The molecule has 0 aliphatic heterocycles. The standard InChI is InChI=1S/C14H17ClN2O2S2/c1-9-8-20-14(17-9)10(2)16-7-11-12(15)5-4-6-13(11)21(3,18)19/h4-6,8,10,16H,7H2,1-3H3. The summed E-state index contributed by atoms with van der Waals surface area (Å²) < 4.78 is 23.7. The third kappa shape index (κ3) is 4.03. The van der Waals surface area contributed by atoms with Crippen LogP contribution in [0.25, 0.3) is 0 Å². The average molecular weight is 345 g/mol. The molecule has 0 saturated carbocycles. The van der Waals surface area contributed by atoms with Crippen molar-refractivity contribution < 1.29 is 8.42 Å². The Bertz CT molecular complexity index is 741. The first-order valence-electron chi connectivity index (χ1n) is 6.42. The summed E-state index contributed by atoms with van der Waals surface area (Å²) in [6, 6.07) is 4.96. The van der Waals surface area contributed by atoms with Crippen LogP contribution in [-0.2, 0) is 16.4 Å². The number of nitrogens with zero attached hydrogens (tertiary/aromatic N) is 1. The van der Waals surface area contributed by atoms with Crippen molar-refractivity contribution in [1.29, 1.82) is 0 Å². The SMILES string of the molecule is Cc1csc(C(C)NCc2c(Cl)cccc2S(C)(=O)=O)n1. The van der Waals surface area contributed by atoms with E-state index >= 15 is 0 Å². The van der Waals surface area contributed by atoms with E-state index in [-0.39, 0.29) is 10.9 Å². The summed E-state index contributed by atoms with van der Waals surface area (Å²) in [5.74, 6) is 0. The Morgan fingerprint density at radius 1 is 1.43 bits per heavy atom. The Morgan fingerprint density at radius 3 is 2.71 bits per heavy atom. The number of hydrogen-bond donors (Lipinski definition) is 1. The third-order valence-corrected chi connectivity index (χ3v) is 5.75. The highest BCUT2D eigenvalue weighted by molar-refractivity contribution is 7.90. The van der Waals surface area contributed by atoms with E-state index in [1.165, 1.54) is 6.26 Å². The molecule has 0 radical (unpaired) electrons. The maximum atomic E-state index is 11.8. The molecular weight excluding hydrogens is 328 g/mol. The zero-order valence-electron chi connectivity index (χ0n) is 12.1. The smallest absolute Gasteiger partial charge is 0.175 e. The summed E-state index contributed by atoms with van der Waals surface area (Å²) in [7, 11) is -3.30. The zero-order chi connectivity index (χ0) is 15.6. The van der Waals surface area contributed by atoms with Crippen LogP contribution in [0.15, 0.2) is 28.5 Å².